The second-order valence-corrected chi connectivity index (χ2v) is 5.66. The lowest BCUT2D eigenvalue weighted by Gasteiger charge is -2.13. The molecule has 0 spiro atoms. The molecule has 0 unspecified atom stereocenters. The van der Waals surface area contributed by atoms with Crippen molar-refractivity contribution in [3.8, 4) is 0 Å². The smallest absolute Gasteiger partial charge is 0.322 e. The summed E-state index contributed by atoms with van der Waals surface area (Å²) in [4.78, 5) is 19.3. The van der Waals surface area contributed by atoms with Crippen LogP contribution in [0.4, 0.5) is 18.9 Å². The van der Waals surface area contributed by atoms with Crippen molar-refractivity contribution in [2.45, 2.75) is 18.3 Å². The van der Waals surface area contributed by atoms with Crippen LogP contribution in [0.2, 0.25) is 5.02 Å². The maximum atomic E-state index is 13.1. The first-order chi connectivity index (χ1) is 10.7. The molecule has 0 bridgehead atoms. The second-order valence-electron chi connectivity index (χ2n) is 4.48. The van der Waals surface area contributed by atoms with E-state index in [1.54, 1.807) is 31.4 Å². The quantitative estimate of drug-likeness (QED) is 0.649. The molecule has 0 saturated heterocycles. The summed E-state index contributed by atoms with van der Waals surface area (Å²) in [5.74, 6) is -0.949. The average Bonchev–Trinajstić information content (AvgIpc) is 2.50. The summed E-state index contributed by atoms with van der Waals surface area (Å²) in [6.45, 7) is 1.65. The van der Waals surface area contributed by atoms with Gasteiger partial charge in [0.15, 0.2) is 10.9 Å². The number of hydrogen-bond acceptors (Lipinski definition) is 4. The van der Waals surface area contributed by atoms with Crippen LogP contribution in [0.1, 0.15) is 21.6 Å². The first-order valence-electron chi connectivity index (χ1n) is 6.28. The van der Waals surface area contributed by atoms with Crippen LogP contribution < -0.4 is 5.32 Å². The molecule has 0 saturated carbocycles. The first kappa shape index (κ1) is 17.6. The van der Waals surface area contributed by atoms with E-state index in [1.807, 2.05) is 0 Å². The van der Waals surface area contributed by atoms with Gasteiger partial charge < -0.3 is 5.32 Å². The van der Waals surface area contributed by atoms with E-state index in [9.17, 15) is 18.0 Å². The number of carbonyl (C=O) groups is 1. The fourth-order valence-electron chi connectivity index (χ4n) is 1.78. The molecule has 0 atom stereocenters. The number of halogens is 4. The standard InChI is InChI=1S/C14H11ClF3N3OS/c1-7-9(15)4-3-5-10(7)20-12(22)8-6-19-13(23-2)21-11(8)14(16,17)18/h3-6H,1-2H3,(H,20,22). The Hall–Kier alpha value is -1.80. The lowest BCUT2D eigenvalue weighted by Crippen LogP contribution is -2.21. The lowest BCUT2D eigenvalue weighted by atomic mass is 10.1. The molecule has 0 aliphatic heterocycles. The van der Waals surface area contributed by atoms with Gasteiger partial charge in [-0.1, -0.05) is 29.4 Å². The molecule has 1 N–H and O–H groups in total. The Labute approximate surface area is 139 Å². The van der Waals surface area contributed by atoms with Crippen LogP contribution in [0, 0.1) is 6.92 Å². The number of nitrogens with zero attached hydrogens (tertiary/aromatic N) is 2. The number of alkyl halides is 3. The van der Waals surface area contributed by atoms with Crippen molar-refractivity contribution in [1.29, 1.82) is 0 Å². The van der Waals surface area contributed by atoms with Crippen LogP contribution >= 0.6 is 23.4 Å². The average molecular weight is 362 g/mol. The summed E-state index contributed by atoms with van der Waals surface area (Å²) < 4.78 is 39.3. The number of carbonyl (C=O) groups excluding carboxylic acids is 1. The van der Waals surface area contributed by atoms with E-state index in [2.05, 4.69) is 15.3 Å². The number of rotatable bonds is 3. The number of hydrogen-bond donors (Lipinski definition) is 1. The van der Waals surface area contributed by atoms with Gasteiger partial charge in [-0.25, -0.2) is 9.97 Å². The summed E-state index contributed by atoms with van der Waals surface area (Å²) in [5, 5.41) is 2.74. The molecule has 2 rings (SSSR count). The van der Waals surface area contributed by atoms with Crippen molar-refractivity contribution in [1.82, 2.24) is 9.97 Å². The number of anilines is 1. The molecule has 0 aliphatic carbocycles. The van der Waals surface area contributed by atoms with Crippen LogP contribution in [-0.4, -0.2) is 22.1 Å². The molecule has 122 valence electrons. The summed E-state index contributed by atoms with van der Waals surface area (Å²) in [6.07, 6.45) is -2.34. The van der Waals surface area contributed by atoms with Gasteiger partial charge in [0.2, 0.25) is 0 Å². The zero-order valence-electron chi connectivity index (χ0n) is 12.0. The largest absolute Gasteiger partial charge is 0.434 e. The molecule has 1 amide bonds. The van der Waals surface area contributed by atoms with Gasteiger partial charge in [-0.05, 0) is 30.9 Å². The lowest BCUT2D eigenvalue weighted by molar-refractivity contribution is -0.142. The van der Waals surface area contributed by atoms with E-state index in [0.717, 1.165) is 18.0 Å². The SMILES string of the molecule is CSc1ncc(C(=O)Nc2cccc(Cl)c2C)c(C(F)(F)F)n1. The molecule has 0 radical (unpaired) electrons. The Morgan fingerprint density at radius 3 is 2.65 bits per heavy atom. The number of nitrogens with one attached hydrogen (secondary N) is 1. The fraction of sp³-hybridized carbons (Fsp3) is 0.214. The van der Waals surface area contributed by atoms with Crippen molar-refractivity contribution in [3.63, 3.8) is 0 Å². The molecule has 1 heterocycles. The molecular formula is C14H11ClF3N3OS. The highest BCUT2D eigenvalue weighted by atomic mass is 35.5. The highest BCUT2D eigenvalue weighted by molar-refractivity contribution is 7.98. The molecule has 9 heteroatoms. The first-order valence-corrected chi connectivity index (χ1v) is 7.89. The number of thioether (sulfide) groups is 1. The summed E-state index contributed by atoms with van der Waals surface area (Å²) in [5.41, 5.74) is -1.04. The van der Waals surface area contributed by atoms with E-state index in [0.29, 0.717) is 16.3 Å². The van der Waals surface area contributed by atoms with Gasteiger partial charge in [-0.15, -0.1) is 0 Å². The van der Waals surface area contributed by atoms with Crippen LogP contribution in [0.15, 0.2) is 29.6 Å². The topological polar surface area (TPSA) is 54.9 Å². The van der Waals surface area contributed by atoms with E-state index in [1.165, 1.54) is 0 Å². The Morgan fingerprint density at radius 1 is 1.35 bits per heavy atom. The minimum atomic E-state index is -4.76. The molecule has 23 heavy (non-hydrogen) atoms. The third-order valence-corrected chi connectivity index (χ3v) is 3.95. The van der Waals surface area contributed by atoms with E-state index < -0.39 is 23.3 Å². The van der Waals surface area contributed by atoms with Gasteiger partial charge in [0.05, 0.1) is 5.56 Å². The Balaban J connectivity index is 2.41. The van der Waals surface area contributed by atoms with E-state index >= 15 is 0 Å². The van der Waals surface area contributed by atoms with Crippen LogP contribution in [0.25, 0.3) is 0 Å². The summed E-state index contributed by atoms with van der Waals surface area (Å²) in [6, 6.07) is 4.75. The van der Waals surface area contributed by atoms with Gasteiger partial charge in [0.1, 0.15) is 0 Å². The third-order valence-electron chi connectivity index (χ3n) is 2.98. The van der Waals surface area contributed by atoms with Crippen molar-refractivity contribution in [2.75, 3.05) is 11.6 Å². The molecule has 2 aromatic rings. The minimum Gasteiger partial charge on any atom is -0.322 e. The van der Waals surface area contributed by atoms with Gasteiger partial charge in [-0.2, -0.15) is 13.2 Å². The summed E-state index contributed by atoms with van der Waals surface area (Å²) in [7, 11) is 0. The normalized spacial score (nSPS) is 11.4. The molecule has 0 aliphatic rings. The van der Waals surface area contributed by atoms with Crippen molar-refractivity contribution in [3.05, 3.63) is 46.2 Å². The zero-order chi connectivity index (χ0) is 17.2. The minimum absolute atomic E-state index is 0.0622. The van der Waals surface area contributed by atoms with Crippen molar-refractivity contribution >= 4 is 35.0 Å². The molecule has 4 nitrogen and oxygen atoms in total. The highest BCUT2D eigenvalue weighted by Crippen LogP contribution is 2.32. The van der Waals surface area contributed by atoms with Crippen LogP contribution in [0.3, 0.4) is 0 Å². The van der Waals surface area contributed by atoms with E-state index in [4.69, 9.17) is 11.6 Å². The number of amides is 1. The van der Waals surface area contributed by atoms with Gasteiger partial charge in [0, 0.05) is 16.9 Å². The van der Waals surface area contributed by atoms with Gasteiger partial charge in [-0.3, -0.25) is 4.79 Å². The molecule has 1 aromatic heterocycles. The molecule has 1 aromatic carbocycles. The maximum Gasteiger partial charge on any atom is 0.434 e. The monoisotopic (exact) mass is 361 g/mol. The van der Waals surface area contributed by atoms with Crippen molar-refractivity contribution in [2.24, 2.45) is 0 Å². The Morgan fingerprint density at radius 2 is 2.04 bits per heavy atom. The molecular weight excluding hydrogens is 351 g/mol. The predicted molar refractivity (Wildman–Crippen MR) is 83.0 cm³/mol. The third kappa shape index (κ3) is 3.94. The van der Waals surface area contributed by atoms with Gasteiger partial charge >= 0.3 is 6.18 Å². The molecule has 0 fully saturated rings. The second kappa shape index (κ2) is 6.76. The van der Waals surface area contributed by atoms with Crippen LogP contribution in [0.5, 0.6) is 0 Å². The maximum absolute atomic E-state index is 13.1. The Kier molecular flexibility index (Phi) is 5.16. The predicted octanol–water partition coefficient (Wildman–Crippen LogP) is 4.43. The Bertz CT molecular complexity index is 753. The summed E-state index contributed by atoms with van der Waals surface area (Å²) >= 11 is 6.88. The number of benzene rings is 1. The fourth-order valence-corrected chi connectivity index (χ4v) is 2.29. The highest BCUT2D eigenvalue weighted by Gasteiger charge is 2.38. The number of aromatic nitrogens is 2. The van der Waals surface area contributed by atoms with E-state index in [-0.39, 0.29) is 5.16 Å². The van der Waals surface area contributed by atoms with Gasteiger partial charge in [0.25, 0.3) is 5.91 Å². The van der Waals surface area contributed by atoms with Crippen molar-refractivity contribution < 1.29 is 18.0 Å². The van der Waals surface area contributed by atoms with Crippen LogP contribution in [-0.2, 0) is 6.18 Å². The zero-order valence-corrected chi connectivity index (χ0v) is 13.6.